The average molecular weight is 274 g/mol. The van der Waals surface area contributed by atoms with Crippen molar-refractivity contribution in [2.45, 2.75) is 0 Å². The van der Waals surface area contributed by atoms with Gasteiger partial charge in [0, 0.05) is 35.7 Å². The van der Waals surface area contributed by atoms with Crippen LogP contribution in [0.4, 0.5) is 5.69 Å². The molecule has 0 radical (unpaired) electrons. The molecule has 98 valence electrons. The van der Waals surface area contributed by atoms with Gasteiger partial charge >= 0.3 is 5.97 Å². The molecule has 0 amide bonds. The summed E-state index contributed by atoms with van der Waals surface area (Å²) in [6.45, 7) is 1.91. The molecule has 1 N–H and O–H groups in total. The third-order valence-electron chi connectivity index (χ3n) is 3.27. The van der Waals surface area contributed by atoms with Crippen molar-refractivity contribution in [2.75, 3.05) is 29.5 Å². The number of aromatic nitrogens is 1. The molecule has 0 bridgehead atoms. The van der Waals surface area contributed by atoms with Crippen LogP contribution in [0, 0.1) is 0 Å². The number of carboxylic acid groups (broad SMARTS) is 1. The Morgan fingerprint density at radius 2 is 2.00 bits per heavy atom. The highest BCUT2D eigenvalue weighted by Gasteiger charge is 2.17. The first-order valence-corrected chi connectivity index (χ1v) is 7.37. The summed E-state index contributed by atoms with van der Waals surface area (Å²) in [7, 11) is 0. The molecule has 5 heteroatoms. The molecule has 2 heterocycles. The summed E-state index contributed by atoms with van der Waals surface area (Å²) in [5.74, 6) is 1.19. The fourth-order valence-corrected chi connectivity index (χ4v) is 3.24. The molecule has 1 saturated heterocycles. The molecular formula is C14H14N2O2S. The molecule has 0 saturated carbocycles. The quantitative estimate of drug-likeness (QED) is 0.911. The fraction of sp³-hybridized carbons (Fsp3) is 0.286. The Hall–Kier alpha value is -1.75. The Balaban J connectivity index is 2.16. The van der Waals surface area contributed by atoms with Gasteiger partial charge in [0.1, 0.15) is 0 Å². The second kappa shape index (κ2) is 5.09. The summed E-state index contributed by atoms with van der Waals surface area (Å²) in [6.07, 6.45) is 0. The Labute approximate surface area is 115 Å². The van der Waals surface area contributed by atoms with E-state index in [2.05, 4.69) is 9.88 Å². The molecule has 0 spiro atoms. The van der Waals surface area contributed by atoms with Crippen LogP contribution in [0.15, 0.2) is 30.3 Å². The first kappa shape index (κ1) is 12.3. The van der Waals surface area contributed by atoms with Crippen LogP contribution in [0.5, 0.6) is 0 Å². The number of anilines is 1. The predicted molar refractivity (Wildman–Crippen MR) is 78.2 cm³/mol. The van der Waals surface area contributed by atoms with Gasteiger partial charge in [-0.3, -0.25) is 0 Å². The topological polar surface area (TPSA) is 53.4 Å². The maximum Gasteiger partial charge on any atom is 0.354 e. The number of thioether (sulfide) groups is 1. The van der Waals surface area contributed by atoms with Crippen LogP contribution in [0.2, 0.25) is 0 Å². The van der Waals surface area contributed by atoms with E-state index in [1.807, 2.05) is 36.0 Å². The van der Waals surface area contributed by atoms with Crippen molar-refractivity contribution in [3.63, 3.8) is 0 Å². The Morgan fingerprint density at radius 1 is 1.26 bits per heavy atom. The summed E-state index contributed by atoms with van der Waals surface area (Å²) in [5.41, 5.74) is 1.85. The molecule has 2 aromatic rings. The van der Waals surface area contributed by atoms with Crippen molar-refractivity contribution in [3.05, 3.63) is 36.0 Å². The number of hydrogen-bond donors (Lipinski definition) is 1. The molecule has 1 aliphatic rings. The standard InChI is InChI=1S/C14H14N2O2S/c17-14(18)12-9-13(16-5-7-19-8-6-16)10-3-1-2-4-11(10)15-12/h1-4,9H,5-8H2,(H,17,18). The molecule has 1 fully saturated rings. The lowest BCUT2D eigenvalue weighted by Gasteiger charge is -2.29. The molecule has 19 heavy (non-hydrogen) atoms. The van der Waals surface area contributed by atoms with Crippen molar-refractivity contribution >= 4 is 34.3 Å². The summed E-state index contributed by atoms with van der Waals surface area (Å²) in [4.78, 5) is 17.7. The van der Waals surface area contributed by atoms with Crippen molar-refractivity contribution in [1.82, 2.24) is 4.98 Å². The molecule has 1 aliphatic heterocycles. The summed E-state index contributed by atoms with van der Waals surface area (Å²) < 4.78 is 0. The van der Waals surface area contributed by atoms with E-state index in [1.54, 1.807) is 6.07 Å². The van der Waals surface area contributed by atoms with E-state index in [-0.39, 0.29) is 5.69 Å². The summed E-state index contributed by atoms with van der Waals surface area (Å²) in [6, 6.07) is 9.42. The van der Waals surface area contributed by atoms with E-state index in [1.165, 1.54) is 0 Å². The lowest BCUT2D eigenvalue weighted by molar-refractivity contribution is 0.0691. The van der Waals surface area contributed by atoms with E-state index in [9.17, 15) is 9.90 Å². The van der Waals surface area contributed by atoms with Gasteiger partial charge in [-0.2, -0.15) is 11.8 Å². The molecule has 0 unspecified atom stereocenters. The van der Waals surface area contributed by atoms with Gasteiger partial charge in [0.25, 0.3) is 0 Å². The molecule has 1 aromatic heterocycles. The average Bonchev–Trinajstić information content (AvgIpc) is 2.47. The first-order valence-electron chi connectivity index (χ1n) is 6.21. The van der Waals surface area contributed by atoms with Crippen molar-refractivity contribution in [2.24, 2.45) is 0 Å². The zero-order chi connectivity index (χ0) is 13.2. The van der Waals surface area contributed by atoms with Crippen molar-refractivity contribution < 1.29 is 9.90 Å². The van der Waals surface area contributed by atoms with Gasteiger partial charge in [0.05, 0.1) is 5.52 Å². The van der Waals surface area contributed by atoms with Gasteiger partial charge in [0.2, 0.25) is 0 Å². The molecule has 3 rings (SSSR count). The van der Waals surface area contributed by atoms with Gasteiger partial charge < -0.3 is 10.0 Å². The van der Waals surface area contributed by atoms with E-state index >= 15 is 0 Å². The number of pyridine rings is 1. The van der Waals surface area contributed by atoms with Crippen LogP contribution in [0.3, 0.4) is 0 Å². The third kappa shape index (κ3) is 2.38. The number of hydrogen-bond acceptors (Lipinski definition) is 4. The van der Waals surface area contributed by atoms with Crippen LogP contribution < -0.4 is 4.90 Å². The summed E-state index contributed by atoms with van der Waals surface area (Å²) in [5, 5.41) is 10.2. The highest BCUT2D eigenvalue weighted by atomic mass is 32.2. The van der Waals surface area contributed by atoms with E-state index in [4.69, 9.17) is 0 Å². The second-order valence-electron chi connectivity index (χ2n) is 4.45. The monoisotopic (exact) mass is 274 g/mol. The maximum absolute atomic E-state index is 11.2. The highest BCUT2D eigenvalue weighted by molar-refractivity contribution is 7.99. The SMILES string of the molecule is O=C(O)c1cc(N2CCSCC2)c2ccccc2n1. The summed E-state index contributed by atoms with van der Waals surface area (Å²) >= 11 is 1.94. The minimum Gasteiger partial charge on any atom is -0.477 e. The zero-order valence-corrected chi connectivity index (χ0v) is 11.2. The Bertz CT molecular complexity index is 624. The number of benzene rings is 1. The second-order valence-corrected chi connectivity index (χ2v) is 5.67. The van der Waals surface area contributed by atoms with Gasteiger partial charge in [-0.15, -0.1) is 0 Å². The molecular weight excluding hydrogens is 260 g/mol. The van der Waals surface area contributed by atoms with E-state index in [0.717, 1.165) is 41.2 Å². The number of rotatable bonds is 2. The lowest BCUT2D eigenvalue weighted by atomic mass is 10.1. The van der Waals surface area contributed by atoms with Crippen LogP contribution in [-0.4, -0.2) is 40.7 Å². The zero-order valence-electron chi connectivity index (χ0n) is 10.4. The Morgan fingerprint density at radius 3 is 2.74 bits per heavy atom. The van der Waals surface area contributed by atoms with Crippen LogP contribution in [-0.2, 0) is 0 Å². The minimum absolute atomic E-state index is 0.118. The van der Waals surface area contributed by atoms with E-state index in [0.29, 0.717) is 0 Å². The van der Waals surface area contributed by atoms with Crippen molar-refractivity contribution in [1.29, 1.82) is 0 Å². The van der Waals surface area contributed by atoms with Crippen LogP contribution >= 0.6 is 11.8 Å². The van der Waals surface area contributed by atoms with Gasteiger partial charge in [-0.05, 0) is 12.1 Å². The number of carbonyl (C=O) groups is 1. The normalized spacial score (nSPS) is 15.7. The largest absolute Gasteiger partial charge is 0.477 e. The number of nitrogens with zero attached hydrogens (tertiary/aromatic N) is 2. The molecule has 4 nitrogen and oxygen atoms in total. The van der Waals surface area contributed by atoms with E-state index < -0.39 is 5.97 Å². The number of para-hydroxylation sites is 1. The number of aromatic carboxylic acids is 1. The minimum atomic E-state index is -0.974. The highest BCUT2D eigenvalue weighted by Crippen LogP contribution is 2.28. The maximum atomic E-state index is 11.2. The van der Waals surface area contributed by atoms with Gasteiger partial charge in [0.15, 0.2) is 5.69 Å². The Kier molecular flexibility index (Phi) is 3.29. The number of fused-ring (bicyclic) bond motifs is 1. The molecule has 0 atom stereocenters. The smallest absolute Gasteiger partial charge is 0.354 e. The fourth-order valence-electron chi connectivity index (χ4n) is 2.33. The van der Waals surface area contributed by atoms with Gasteiger partial charge in [-0.1, -0.05) is 18.2 Å². The predicted octanol–water partition coefficient (Wildman–Crippen LogP) is 2.49. The lowest BCUT2D eigenvalue weighted by Crippen LogP contribution is -2.32. The number of carboxylic acids is 1. The van der Waals surface area contributed by atoms with Gasteiger partial charge in [-0.25, -0.2) is 9.78 Å². The first-order chi connectivity index (χ1) is 9.25. The van der Waals surface area contributed by atoms with Crippen LogP contribution in [0.1, 0.15) is 10.5 Å². The molecule has 0 aliphatic carbocycles. The van der Waals surface area contributed by atoms with Crippen LogP contribution in [0.25, 0.3) is 10.9 Å². The molecule has 1 aromatic carbocycles. The third-order valence-corrected chi connectivity index (χ3v) is 4.21. The van der Waals surface area contributed by atoms with Crippen molar-refractivity contribution in [3.8, 4) is 0 Å².